The molecule has 116 valence electrons. The number of benzene rings is 2. The van der Waals surface area contributed by atoms with Gasteiger partial charge >= 0.3 is 0 Å². The topological polar surface area (TPSA) is 65.2 Å². The molecule has 3 rings (SSSR count). The molecule has 0 saturated heterocycles. The van der Waals surface area contributed by atoms with Crippen molar-refractivity contribution in [1.82, 2.24) is 10.1 Å². The van der Waals surface area contributed by atoms with Crippen LogP contribution in [0.25, 0.3) is 22.8 Å². The largest absolute Gasteiger partial charge is 0.491 e. The van der Waals surface area contributed by atoms with E-state index in [4.69, 9.17) is 9.26 Å². The second-order valence-electron chi connectivity index (χ2n) is 5.35. The number of ether oxygens (including phenoxy) is 1. The minimum Gasteiger partial charge on any atom is -0.491 e. The molecule has 5 nitrogen and oxygen atoms in total. The zero-order valence-electron chi connectivity index (χ0n) is 12.9. The fourth-order valence-corrected chi connectivity index (χ4v) is 2.12. The van der Waals surface area contributed by atoms with Crippen molar-refractivity contribution in [3.8, 4) is 28.6 Å². The van der Waals surface area contributed by atoms with Crippen molar-refractivity contribution in [3.05, 3.63) is 54.1 Å². The summed E-state index contributed by atoms with van der Waals surface area (Å²) in [5.74, 6) is 1.73. The average molecular weight is 308 g/mol. The Hall–Kier alpha value is -2.95. The molecule has 5 heteroatoms. The van der Waals surface area contributed by atoms with Crippen LogP contribution in [0.3, 0.4) is 0 Å². The molecule has 1 aromatic heterocycles. The summed E-state index contributed by atoms with van der Waals surface area (Å²) in [6.45, 7) is 3.96. The van der Waals surface area contributed by atoms with Gasteiger partial charge in [0.25, 0.3) is 5.89 Å². The Morgan fingerprint density at radius 3 is 2.26 bits per heavy atom. The minimum atomic E-state index is 0.130. The van der Waals surface area contributed by atoms with Crippen molar-refractivity contribution < 1.29 is 14.1 Å². The third kappa shape index (κ3) is 3.45. The van der Waals surface area contributed by atoms with Gasteiger partial charge < -0.3 is 9.26 Å². The quantitative estimate of drug-likeness (QED) is 0.666. The van der Waals surface area contributed by atoms with E-state index in [1.54, 1.807) is 24.3 Å². The highest BCUT2D eigenvalue weighted by molar-refractivity contribution is 5.76. The Morgan fingerprint density at radius 1 is 1.00 bits per heavy atom. The van der Waals surface area contributed by atoms with Crippen LogP contribution in [0.4, 0.5) is 0 Å². The first-order valence-electron chi connectivity index (χ1n) is 7.32. The fraction of sp³-hybridized carbons (Fsp3) is 0.167. The molecule has 0 aliphatic heterocycles. The number of rotatable bonds is 5. The van der Waals surface area contributed by atoms with Gasteiger partial charge in [0.2, 0.25) is 5.82 Å². The Bertz CT molecular complexity index is 790. The van der Waals surface area contributed by atoms with Crippen molar-refractivity contribution in [1.29, 1.82) is 0 Å². The molecule has 2 aromatic carbocycles. The van der Waals surface area contributed by atoms with E-state index in [0.717, 1.165) is 23.2 Å². The van der Waals surface area contributed by atoms with E-state index in [-0.39, 0.29) is 6.10 Å². The standard InChI is InChI=1S/C18H16N2O3/c1-12(2)22-16-9-7-15(8-10-16)18-19-17(20-23-18)14-5-3-13(11-21)4-6-14/h3-12H,1-2H3. The number of nitrogens with zero attached hydrogens (tertiary/aromatic N) is 2. The second-order valence-corrected chi connectivity index (χ2v) is 5.35. The van der Waals surface area contributed by atoms with E-state index in [9.17, 15) is 4.79 Å². The number of aromatic nitrogens is 2. The van der Waals surface area contributed by atoms with Gasteiger partial charge in [-0.15, -0.1) is 0 Å². The van der Waals surface area contributed by atoms with Crippen LogP contribution in [-0.4, -0.2) is 22.5 Å². The van der Waals surface area contributed by atoms with E-state index in [0.29, 0.717) is 17.3 Å². The molecular weight excluding hydrogens is 292 g/mol. The average Bonchev–Trinajstić information content (AvgIpc) is 3.05. The molecular formula is C18H16N2O3. The Balaban J connectivity index is 1.81. The van der Waals surface area contributed by atoms with Gasteiger partial charge in [-0.2, -0.15) is 4.98 Å². The van der Waals surface area contributed by atoms with E-state index < -0.39 is 0 Å². The first kappa shape index (κ1) is 15.0. The summed E-state index contributed by atoms with van der Waals surface area (Å²) in [6, 6.07) is 14.5. The summed E-state index contributed by atoms with van der Waals surface area (Å²) in [4.78, 5) is 15.1. The molecule has 0 saturated carbocycles. The van der Waals surface area contributed by atoms with E-state index in [1.807, 2.05) is 38.1 Å². The smallest absolute Gasteiger partial charge is 0.258 e. The van der Waals surface area contributed by atoms with E-state index in [2.05, 4.69) is 10.1 Å². The molecule has 0 fully saturated rings. The number of carbonyl (C=O) groups excluding carboxylic acids is 1. The third-order valence-electron chi connectivity index (χ3n) is 3.20. The number of hydrogen-bond donors (Lipinski definition) is 0. The highest BCUT2D eigenvalue weighted by Gasteiger charge is 2.11. The van der Waals surface area contributed by atoms with Gasteiger partial charge in [0.15, 0.2) is 0 Å². The molecule has 0 atom stereocenters. The highest BCUT2D eigenvalue weighted by Crippen LogP contribution is 2.24. The maximum absolute atomic E-state index is 10.7. The van der Waals surface area contributed by atoms with Gasteiger partial charge in [0, 0.05) is 16.7 Å². The van der Waals surface area contributed by atoms with Crippen molar-refractivity contribution in [3.63, 3.8) is 0 Å². The summed E-state index contributed by atoms with van der Waals surface area (Å²) < 4.78 is 10.9. The first-order valence-corrected chi connectivity index (χ1v) is 7.32. The van der Waals surface area contributed by atoms with E-state index >= 15 is 0 Å². The number of hydrogen-bond acceptors (Lipinski definition) is 5. The molecule has 23 heavy (non-hydrogen) atoms. The third-order valence-corrected chi connectivity index (χ3v) is 3.20. The molecule has 0 amide bonds. The van der Waals surface area contributed by atoms with E-state index in [1.165, 1.54) is 0 Å². The summed E-state index contributed by atoms with van der Waals surface area (Å²) in [6.07, 6.45) is 0.928. The minimum absolute atomic E-state index is 0.130. The lowest BCUT2D eigenvalue weighted by Gasteiger charge is -2.09. The van der Waals surface area contributed by atoms with Crippen LogP contribution in [0.15, 0.2) is 53.1 Å². The summed E-state index contributed by atoms with van der Waals surface area (Å²) in [7, 11) is 0. The maximum Gasteiger partial charge on any atom is 0.258 e. The van der Waals surface area contributed by atoms with Crippen molar-refractivity contribution in [2.75, 3.05) is 0 Å². The number of carbonyl (C=O) groups is 1. The molecule has 0 unspecified atom stereocenters. The van der Waals surface area contributed by atoms with Crippen LogP contribution < -0.4 is 4.74 Å². The Morgan fingerprint density at radius 2 is 1.65 bits per heavy atom. The van der Waals surface area contributed by atoms with Crippen molar-refractivity contribution in [2.24, 2.45) is 0 Å². The molecule has 0 aliphatic carbocycles. The van der Waals surface area contributed by atoms with Gasteiger partial charge in [-0.25, -0.2) is 0 Å². The van der Waals surface area contributed by atoms with Gasteiger partial charge in [0.05, 0.1) is 6.10 Å². The van der Waals surface area contributed by atoms with Gasteiger partial charge in [-0.1, -0.05) is 29.4 Å². The van der Waals surface area contributed by atoms with Crippen LogP contribution in [0.1, 0.15) is 24.2 Å². The predicted molar refractivity (Wildman–Crippen MR) is 86.3 cm³/mol. The molecule has 3 aromatic rings. The molecule has 0 spiro atoms. The van der Waals surface area contributed by atoms with Crippen LogP contribution in [-0.2, 0) is 0 Å². The fourth-order valence-electron chi connectivity index (χ4n) is 2.12. The lowest BCUT2D eigenvalue weighted by atomic mass is 10.1. The van der Waals surface area contributed by atoms with Crippen LogP contribution in [0.2, 0.25) is 0 Å². The zero-order valence-corrected chi connectivity index (χ0v) is 12.9. The van der Waals surface area contributed by atoms with Gasteiger partial charge in [-0.3, -0.25) is 4.79 Å². The highest BCUT2D eigenvalue weighted by atomic mass is 16.5. The molecule has 0 aliphatic rings. The molecule has 0 bridgehead atoms. The van der Waals surface area contributed by atoms with Crippen LogP contribution in [0.5, 0.6) is 5.75 Å². The summed E-state index contributed by atoms with van der Waals surface area (Å²) in [5.41, 5.74) is 2.23. The lowest BCUT2D eigenvalue weighted by Crippen LogP contribution is -2.05. The zero-order chi connectivity index (χ0) is 16.2. The lowest BCUT2D eigenvalue weighted by molar-refractivity contribution is 0.112. The Kier molecular flexibility index (Phi) is 4.19. The van der Waals surface area contributed by atoms with Gasteiger partial charge in [0.1, 0.15) is 12.0 Å². The van der Waals surface area contributed by atoms with Crippen LogP contribution in [0, 0.1) is 0 Å². The Labute approximate surface area is 133 Å². The van der Waals surface area contributed by atoms with Crippen molar-refractivity contribution in [2.45, 2.75) is 20.0 Å². The summed E-state index contributed by atoms with van der Waals surface area (Å²) in [5, 5.41) is 3.98. The van der Waals surface area contributed by atoms with Gasteiger partial charge in [-0.05, 0) is 38.1 Å². The first-order chi connectivity index (χ1) is 11.2. The van der Waals surface area contributed by atoms with Crippen molar-refractivity contribution >= 4 is 6.29 Å². The maximum atomic E-state index is 10.7. The normalized spacial score (nSPS) is 10.7. The molecule has 0 radical (unpaired) electrons. The number of aldehydes is 1. The van der Waals surface area contributed by atoms with Crippen LogP contribution >= 0.6 is 0 Å². The molecule has 1 heterocycles. The second kappa shape index (κ2) is 6.44. The molecule has 0 N–H and O–H groups in total. The monoisotopic (exact) mass is 308 g/mol. The summed E-state index contributed by atoms with van der Waals surface area (Å²) >= 11 is 0. The SMILES string of the molecule is CC(C)Oc1ccc(-c2nc(-c3ccc(C=O)cc3)no2)cc1. The predicted octanol–water partition coefficient (Wildman–Crippen LogP) is 4.00.